The van der Waals surface area contributed by atoms with Gasteiger partial charge in [0.1, 0.15) is 0 Å². The highest BCUT2D eigenvalue weighted by molar-refractivity contribution is 7.12. The van der Waals surface area contributed by atoms with Crippen LogP contribution in [0.3, 0.4) is 0 Å². The SMILES string of the molecule is NC(=O)Nc1cccc(NC(=O)C2CCN(C(=O)c3cccs3)CC2)c1. The van der Waals surface area contributed by atoms with Crippen molar-refractivity contribution in [2.75, 3.05) is 23.7 Å². The predicted octanol–water partition coefficient (Wildman–Crippen LogP) is 2.73. The molecule has 1 aliphatic heterocycles. The van der Waals surface area contributed by atoms with Crippen LogP contribution in [0.4, 0.5) is 16.2 Å². The van der Waals surface area contributed by atoms with E-state index in [1.807, 2.05) is 17.5 Å². The minimum atomic E-state index is -0.656. The van der Waals surface area contributed by atoms with Crippen LogP contribution in [-0.4, -0.2) is 35.8 Å². The number of carbonyl (C=O) groups excluding carboxylic acids is 3. The van der Waals surface area contributed by atoms with E-state index in [9.17, 15) is 14.4 Å². The largest absolute Gasteiger partial charge is 0.351 e. The number of primary amides is 1. The Labute approximate surface area is 155 Å². The number of amides is 4. The number of nitrogens with zero attached hydrogens (tertiary/aromatic N) is 1. The number of piperidine rings is 1. The molecule has 1 fully saturated rings. The summed E-state index contributed by atoms with van der Waals surface area (Å²) in [7, 11) is 0. The zero-order valence-electron chi connectivity index (χ0n) is 14.1. The molecule has 1 aliphatic rings. The number of likely N-dealkylation sites (tertiary alicyclic amines) is 1. The van der Waals surface area contributed by atoms with Gasteiger partial charge in [-0.3, -0.25) is 9.59 Å². The van der Waals surface area contributed by atoms with Crippen LogP contribution in [0.15, 0.2) is 41.8 Å². The lowest BCUT2D eigenvalue weighted by Gasteiger charge is -2.31. The molecule has 2 aromatic rings. The number of nitrogens with two attached hydrogens (primary N) is 1. The first-order valence-corrected chi connectivity index (χ1v) is 9.21. The molecule has 0 saturated carbocycles. The van der Waals surface area contributed by atoms with Crippen LogP contribution >= 0.6 is 11.3 Å². The van der Waals surface area contributed by atoms with Gasteiger partial charge >= 0.3 is 6.03 Å². The van der Waals surface area contributed by atoms with Crippen LogP contribution in [-0.2, 0) is 4.79 Å². The van der Waals surface area contributed by atoms with Crippen molar-refractivity contribution in [1.82, 2.24) is 4.90 Å². The molecule has 0 spiro atoms. The molecule has 4 N–H and O–H groups in total. The number of rotatable bonds is 4. The van der Waals surface area contributed by atoms with E-state index in [1.54, 1.807) is 29.2 Å². The molecule has 1 aromatic heterocycles. The first-order chi connectivity index (χ1) is 12.5. The van der Waals surface area contributed by atoms with Crippen molar-refractivity contribution in [1.29, 1.82) is 0 Å². The van der Waals surface area contributed by atoms with E-state index in [0.717, 1.165) is 4.88 Å². The Morgan fingerprint density at radius 3 is 2.35 bits per heavy atom. The average molecular weight is 372 g/mol. The van der Waals surface area contributed by atoms with Gasteiger partial charge < -0.3 is 21.3 Å². The van der Waals surface area contributed by atoms with Crippen LogP contribution in [0, 0.1) is 5.92 Å². The van der Waals surface area contributed by atoms with Crippen molar-refractivity contribution in [2.24, 2.45) is 11.7 Å². The molecular weight excluding hydrogens is 352 g/mol. The van der Waals surface area contributed by atoms with Gasteiger partial charge in [0.2, 0.25) is 5.91 Å². The number of hydrogen-bond acceptors (Lipinski definition) is 4. The van der Waals surface area contributed by atoms with Crippen molar-refractivity contribution >= 4 is 40.6 Å². The third-order valence-corrected chi connectivity index (χ3v) is 5.14. The first-order valence-electron chi connectivity index (χ1n) is 8.33. The summed E-state index contributed by atoms with van der Waals surface area (Å²) in [6.07, 6.45) is 1.25. The normalized spacial score (nSPS) is 14.7. The van der Waals surface area contributed by atoms with E-state index in [1.165, 1.54) is 11.3 Å². The van der Waals surface area contributed by atoms with E-state index in [0.29, 0.717) is 37.3 Å². The van der Waals surface area contributed by atoms with Gasteiger partial charge in [-0.05, 0) is 42.5 Å². The molecule has 4 amide bonds. The second kappa shape index (κ2) is 8.01. The Hall–Kier alpha value is -2.87. The summed E-state index contributed by atoms with van der Waals surface area (Å²) < 4.78 is 0. The Morgan fingerprint density at radius 2 is 1.73 bits per heavy atom. The third-order valence-electron chi connectivity index (χ3n) is 4.28. The van der Waals surface area contributed by atoms with Crippen LogP contribution in [0.1, 0.15) is 22.5 Å². The van der Waals surface area contributed by atoms with Gasteiger partial charge in [0, 0.05) is 30.4 Å². The summed E-state index contributed by atoms with van der Waals surface area (Å²) >= 11 is 1.43. The van der Waals surface area contributed by atoms with Gasteiger partial charge in [0.15, 0.2) is 0 Å². The van der Waals surface area contributed by atoms with Gasteiger partial charge in [-0.2, -0.15) is 0 Å². The number of nitrogens with one attached hydrogen (secondary N) is 2. The summed E-state index contributed by atoms with van der Waals surface area (Å²) in [6.45, 7) is 1.14. The monoisotopic (exact) mass is 372 g/mol. The zero-order chi connectivity index (χ0) is 18.5. The maximum atomic E-state index is 12.5. The third kappa shape index (κ3) is 4.40. The smallest absolute Gasteiger partial charge is 0.316 e. The Kier molecular flexibility index (Phi) is 5.52. The quantitative estimate of drug-likeness (QED) is 0.768. The highest BCUT2D eigenvalue weighted by Crippen LogP contribution is 2.23. The second-order valence-corrected chi connectivity index (χ2v) is 7.05. The summed E-state index contributed by atoms with van der Waals surface area (Å²) in [6, 6.07) is 9.84. The van der Waals surface area contributed by atoms with E-state index in [-0.39, 0.29) is 17.7 Å². The highest BCUT2D eigenvalue weighted by atomic mass is 32.1. The number of urea groups is 1. The summed E-state index contributed by atoms with van der Waals surface area (Å²) in [5.74, 6) is -0.191. The van der Waals surface area contributed by atoms with Crippen molar-refractivity contribution in [3.63, 3.8) is 0 Å². The Balaban J connectivity index is 1.54. The maximum Gasteiger partial charge on any atom is 0.316 e. The molecule has 0 aliphatic carbocycles. The minimum Gasteiger partial charge on any atom is -0.351 e. The van der Waals surface area contributed by atoms with Crippen LogP contribution in [0.2, 0.25) is 0 Å². The average Bonchev–Trinajstić information content (AvgIpc) is 3.15. The van der Waals surface area contributed by atoms with Gasteiger partial charge in [-0.25, -0.2) is 4.79 Å². The van der Waals surface area contributed by atoms with E-state index < -0.39 is 6.03 Å². The van der Waals surface area contributed by atoms with Gasteiger partial charge in [0.05, 0.1) is 4.88 Å². The predicted molar refractivity (Wildman–Crippen MR) is 101 cm³/mol. The number of anilines is 2. The Morgan fingerprint density at radius 1 is 1.04 bits per heavy atom. The summed E-state index contributed by atoms with van der Waals surface area (Å²) in [4.78, 5) is 38.3. The molecule has 1 saturated heterocycles. The molecule has 0 radical (unpaired) electrons. The highest BCUT2D eigenvalue weighted by Gasteiger charge is 2.28. The molecule has 8 heteroatoms. The lowest BCUT2D eigenvalue weighted by atomic mass is 9.95. The number of benzene rings is 1. The number of hydrogen-bond donors (Lipinski definition) is 3. The lowest BCUT2D eigenvalue weighted by molar-refractivity contribution is -0.121. The fourth-order valence-corrected chi connectivity index (χ4v) is 3.65. The molecule has 2 heterocycles. The van der Waals surface area contributed by atoms with Crippen molar-refractivity contribution < 1.29 is 14.4 Å². The first kappa shape index (κ1) is 17.9. The molecule has 1 aromatic carbocycles. The summed E-state index contributed by atoms with van der Waals surface area (Å²) in [5.41, 5.74) is 6.21. The minimum absolute atomic E-state index is 0.0316. The van der Waals surface area contributed by atoms with Crippen LogP contribution in [0.5, 0.6) is 0 Å². The van der Waals surface area contributed by atoms with Crippen LogP contribution in [0.25, 0.3) is 0 Å². The molecule has 7 nitrogen and oxygen atoms in total. The van der Waals surface area contributed by atoms with Crippen molar-refractivity contribution in [3.05, 3.63) is 46.7 Å². The van der Waals surface area contributed by atoms with Crippen molar-refractivity contribution in [2.45, 2.75) is 12.8 Å². The lowest BCUT2D eigenvalue weighted by Crippen LogP contribution is -2.41. The van der Waals surface area contributed by atoms with Gasteiger partial charge in [-0.15, -0.1) is 11.3 Å². The second-order valence-electron chi connectivity index (χ2n) is 6.10. The van der Waals surface area contributed by atoms with Gasteiger partial charge in [0.25, 0.3) is 5.91 Å². The van der Waals surface area contributed by atoms with E-state index in [2.05, 4.69) is 10.6 Å². The molecule has 26 heavy (non-hydrogen) atoms. The maximum absolute atomic E-state index is 12.5. The zero-order valence-corrected chi connectivity index (χ0v) is 14.9. The van der Waals surface area contributed by atoms with Crippen molar-refractivity contribution in [3.8, 4) is 0 Å². The Bertz CT molecular complexity index is 799. The molecule has 136 valence electrons. The molecule has 0 unspecified atom stereocenters. The fourth-order valence-electron chi connectivity index (χ4n) is 2.96. The molecule has 0 atom stereocenters. The van der Waals surface area contributed by atoms with Gasteiger partial charge in [-0.1, -0.05) is 12.1 Å². The van der Waals surface area contributed by atoms with Crippen LogP contribution < -0.4 is 16.4 Å². The number of carbonyl (C=O) groups is 3. The molecular formula is C18H20N4O3S. The standard InChI is InChI=1S/C18H20N4O3S/c19-18(25)21-14-4-1-3-13(11-14)20-16(23)12-6-8-22(9-7-12)17(24)15-5-2-10-26-15/h1-5,10-12H,6-9H2,(H,20,23)(H3,19,21,25). The molecule has 0 bridgehead atoms. The molecule has 3 rings (SSSR count). The van der Waals surface area contributed by atoms with E-state index >= 15 is 0 Å². The summed E-state index contributed by atoms with van der Waals surface area (Å²) in [5, 5.41) is 7.22. The topological polar surface area (TPSA) is 105 Å². The number of thiophene rings is 1. The van der Waals surface area contributed by atoms with E-state index in [4.69, 9.17) is 5.73 Å². The fraction of sp³-hybridized carbons (Fsp3) is 0.278.